The molecule has 0 bridgehead atoms. The van der Waals surface area contributed by atoms with Gasteiger partial charge in [0.15, 0.2) is 0 Å². The Morgan fingerprint density at radius 2 is 0.688 bits per heavy atom. The molecule has 0 radical (unpaired) electrons. The van der Waals surface area contributed by atoms with E-state index >= 15 is 0 Å². The highest BCUT2D eigenvalue weighted by Gasteiger charge is 2.21. The molecule has 77 heavy (non-hydrogen) atoms. The highest BCUT2D eigenvalue weighted by Crippen LogP contribution is 2.44. The van der Waals surface area contributed by atoms with Crippen molar-refractivity contribution in [3.8, 4) is 44.9 Å². The Kier molecular flexibility index (Phi) is 9.53. The smallest absolute Gasteiger partial charge is 0.135 e. The summed E-state index contributed by atoms with van der Waals surface area (Å²) in [5.41, 5.74) is 19.6. The maximum atomic E-state index is 6.32. The Bertz CT molecular complexity index is 4700. The predicted octanol–water partition coefficient (Wildman–Crippen LogP) is 19.5. The number of benzene rings is 11. The van der Waals surface area contributed by atoms with E-state index in [-0.39, 0.29) is 0 Å². The molecule has 360 valence electrons. The molecule has 0 N–H and O–H groups in total. The Balaban J connectivity index is 0.873. The molecule has 5 aromatic heterocycles. The van der Waals surface area contributed by atoms with E-state index in [9.17, 15) is 0 Å². The lowest BCUT2D eigenvalue weighted by Gasteiger charge is -2.25. The van der Waals surface area contributed by atoms with Crippen LogP contribution in [0.15, 0.2) is 276 Å². The Hall–Kier alpha value is -10.4. The highest BCUT2D eigenvalue weighted by atomic mass is 16.3. The quantitative estimate of drug-likeness (QED) is 0.152. The molecule has 0 spiro atoms. The second-order valence-electron chi connectivity index (χ2n) is 19.9. The predicted molar refractivity (Wildman–Crippen MR) is 318 cm³/mol. The first-order chi connectivity index (χ1) is 38.1. The molecule has 6 nitrogen and oxygen atoms in total. The van der Waals surface area contributed by atoms with Crippen molar-refractivity contribution in [2.75, 3.05) is 4.90 Å². The van der Waals surface area contributed by atoms with Crippen molar-refractivity contribution in [1.82, 2.24) is 14.1 Å². The average molecular weight is 985 g/mol. The molecule has 5 heterocycles. The number of aromatic nitrogens is 3. The Labute approximate surface area is 442 Å². The molecule has 16 rings (SSSR count). The van der Waals surface area contributed by atoms with Gasteiger partial charge in [0.1, 0.15) is 22.3 Å². The topological polar surface area (TPSA) is 52.3 Å². The van der Waals surface area contributed by atoms with Crippen LogP contribution in [-0.2, 0) is 0 Å². The van der Waals surface area contributed by atoms with Crippen LogP contribution in [0.5, 0.6) is 0 Å². The lowest BCUT2D eigenvalue weighted by molar-refractivity contribution is 0.668. The second-order valence-corrected chi connectivity index (χ2v) is 19.9. The summed E-state index contributed by atoms with van der Waals surface area (Å²) in [5.74, 6) is 0. The molecule has 6 heteroatoms. The highest BCUT2D eigenvalue weighted by molar-refractivity contribution is 6.13. The van der Waals surface area contributed by atoms with Crippen LogP contribution in [0.2, 0.25) is 0 Å². The van der Waals surface area contributed by atoms with Crippen LogP contribution in [-0.4, -0.2) is 14.1 Å². The van der Waals surface area contributed by atoms with Gasteiger partial charge in [0, 0.05) is 71.4 Å². The monoisotopic (exact) mass is 984 g/mol. The van der Waals surface area contributed by atoms with E-state index in [1.807, 2.05) is 30.5 Å². The van der Waals surface area contributed by atoms with Crippen LogP contribution >= 0.6 is 0 Å². The van der Waals surface area contributed by atoms with E-state index < -0.39 is 0 Å². The van der Waals surface area contributed by atoms with Gasteiger partial charge < -0.3 is 22.9 Å². The summed E-state index contributed by atoms with van der Waals surface area (Å²) in [6.07, 6.45) is 2.01. The van der Waals surface area contributed by atoms with Gasteiger partial charge in [-0.2, -0.15) is 0 Å². The summed E-state index contributed by atoms with van der Waals surface area (Å²) in [4.78, 5) is 7.65. The normalized spacial score (nSPS) is 11.9. The molecule has 0 saturated carbocycles. The van der Waals surface area contributed by atoms with Gasteiger partial charge in [-0.15, -0.1) is 0 Å². The minimum Gasteiger partial charge on any atom is -0.456 e. The molecular weight excluding hydrogens is 941 g/mol. The summed E-state index contributed by atoms with van der Waals surface area (Å²) in [7, 11) is 0. The summed E-state index contributed by atoms with van der Waals surface area (Å²) in [6.45, 7) is 0. The number of anilines is 3. The minimum atomic E-state index is 0.845. The zero-order valence-corrected chi connectivity index (χ0v) is 41.5. The first-order valence-electron chi connectivity index (χ1n) is 26.1. The van der Waals surface area contributed by atoms with Crippen molar-refractivity contribution < 1.29 is 8.83 Å². The van der Waals surface area contributed by atoms with E-state index in [0.29, 0.717) is 0 Å². The number of nitrogens with zero attached hydrogens (tertiary/aromatic N) is 4. The van der Waals surface area contributed by atoms with E-state index in [4.69, 9.17) is 13.8 Å². The fourth-order valence-corrected chi connectivity index (χ4v) is 12.0. The number of furan rings is 2. The third kappa shape index (κ3) is 6.93. The van der Waals surface area contributed by atoms with Crippen molar-refractivity contribution in [2.24, 2.45) is 0 Å². The SMILES string of the molecule is c1ccc(-n2c3ccccc3c3cc(-c4cc(-c5ccc6c(c5)c5ccccc5n6-c5ccccc5)cc(-c5ccc(N(c6ccc7oc8ccccc8c7c6)c6ccc7oc8ccccc8c7c6)cn5)c4)ccc32)cc1. The summed E-state index contributed by atoms with van der Waals surface area (Å²) >= 11 is 0. The molecule has 11 aromatic carbocycles. The molecule has 0 aliphatic rings. The Morgan fingerprint density at radius 3 is 1.18 bits per heavy atom. The maximum absolute atomic E-state index is 6.32. The second kappa shape index (κ2) is 17.1. The van der Waals surface area contributed by atoms with Crippen molar-refractivity contribution in [1.29, 1.82) is 0 Å². The largest absolute Gasteiger partial charge is 0.456 e. The van der Waals surface area contributed by atoms with Crippen LogP contribution < -0.4 is 4.90 Å². The van der Waals surface area contributed by atoms with Crippen molar-refractivity contribution in [3.63, 3.8) is 0 Å². The number of fused-ring (bicyclic) bond motifs is 12. The molecule has 0 unspecified atom stereocenters. The molecule has 16 aromatic rings. The fourth-order valence-electron chi connectivity index (χ4n) is 12.0. The van der Waals surface area contributed by atoms with Gasteiger partial charge in [0.25, 0.3) is 0 Å². The minimum absolute atomic E-state index is 0.845. The molecular formula is C71H44N4O2. The molecule has 0 amide bonds. The van der Waals surface area contributed by atoms with E-state index in [1.165, 1.54) is 43.6 Å². The first kappa shape index (κ1) is 43.0. The van der Waals surface area contributed by atoms with Crippen LogP contribution in [0.3, 0.4) is 0 Å². The number of para-hydroxylation sites is 6. The lowest BCUT2D eigenvalue weighted by Crippen LogP contribution is -2.10. The van der Waals surface area contributed by atoms with E-state index in [1.54, 1.807) is 0 Å². The van der Waals surface area contributed by atoms with Crippen molar-refractivity contribution in [3.05, 3.63) is 267 Å². The lowest BCUT2D eigenvalue weighted by atomic mass is 9.93. The standard InChI is InChI=1S/C71H44N4O2/c1-3-15-50(16-4-1)74-64-23-11-7-19-55(64)59-40-45(27-33-66(59)74)47-37-48(46-28-34-67-60(41-46)56-20-8-12-24-65(56)75(67)51-17-5-2-6-18-51)39-49(38-47)63-32-29-54(44-72-63)73(52-30-35-70-61(42-52)57-21-9-13-25-68(57)76-70)53-31-36-71-62(43-53)58-22-10-14-26-69(58)77-71/h1-44H. The Morgan fingerprint density at radius 1 is 0.273 bits per heavy atom. The van der Waals surface area contributed by atoms with E-state index in [0.717, 1.165) is 106 Å². The molecule has 0 atom stereocenters. The van der Waals surface area contributed by atoms with E-state index in [2.05, 4.69) is 251 Å². The van der Waals surface area contributed by atoms with Crippen LogP contribution in [0.1, 0.15) is 0 Å². The average Bonchev–Trinajstić information content (AvgIpc) is 4.29. The number of rotatable bonds is 8. The van der Waals surface area contributed by atoms with Gasteiger partial charge in [-0.3, -0.25) is 4.98 Å². The van der Waals surface area contributed by atoms with Gasteiger partial charge >= 0.3 is 0 Å². The number of pyridine rings is 1. The summed E-state index contributed by atoms with van der Waals surface area (Å²) in [6, 6.07) is 93.2. The molecule has 0 fully saturated rings. The van der Waals surface area contributed by atoms with Gasteiger partial charge in [-0.25, -0.2) is 0 Å². The molecule has 0 aliphatic carbocycles. The maximum Gasteiger partial charge on any atom is 0.135 e. The van der Waals surface area contributed by atoms with Gasteiger partial charge in [-0.1, -0.05) is 121 Å². The molecule has 0 aliphatic heterocycles. The number of hydrogen-bond donors (Lipinski definition) is 0. The first-order valence-corrected chi connectivity index (χ1v) is 26.1. The van der Waals surface area contributed by atoms with Gasteiger partial charge in [-0.05, 0) is 162 Å². The van der Waals surface area contributed by atoms with Crippen LogP contribution in [0.4, 0.5) is 17.1 Å². The van der Waals surface area contributed by atoms with Crippen LogP contribution in [0, 0.1) is 0 Å². The number of hydrogen-bond acceptors (Lipinski definition) is 4. The fraction of sp³-hybridized carbons (Fsp3) is 0. The summed E-state index contributed by atoms with van der Waals surface area (Å²) < 4.78 is 17.4. The third-order valence-corrected chi connectivity index (χ3v) is 15.5. The van der Waals surface area contributed by atoms with Crippen molar-refractivity contribution >= 4 is 105 Å². The van der Waals surface area contributed by atoms with Gasteiger partial charge in [0.2, 0.25) is 0 Å². The zero-order chi connectivity index (χ0) is 50.6. The molecule has 0 saturated heterocycles. The zero-order valence-electron chi connectivity index (χ0n) is 41.5. The third-order valence-electron chi connectivity index (χ3n) is 15.5. The van der Waals surface area contributed by atoms with Crippen molar-refractivity contribution in [2.45, 2.75) is 0 Å². The van der Waals surface area contributed by atoms with Gasteiger partial charge in [0.05, 0.1) is 39.6 Å². The summed E-state index contributed by atoms with van der Waals surface area (Å²) in [5, 5.41) is 9.09. The van der Waals surface area contributed by atoms with Crippen LogP contribution in [0.25, 0.3) is 132 Å².